The van der Waals surface area contributed by atoms with Crippen molar-refractivity contribution in [2.45, 2.75) is 25.7 Å². The third kappa shape index (κ3) is 2.95. The fourth-order valence-electron chi connectivity index (χ4n) is 3.01. The summed E-state index contributed by atoms with van der Waals surface area (Å²) >= 11 is 0. The average molecular weight is 325 g/mol. The van der Waals surface area contributed by atoms with Gasteiger partial charge in [-0.1, -0.05) is 0 Å². The number of aryl methyl sites for hydroxylation is 2. The average Bonchev–Trinajstić information content (AvgIpc) is 2.54. The fraction of sp³-hybridized carbons (Fsp3) is 0.714. The highest BCUT2D eigenvalue weighted by molar-refractivity contribution is 7.86. The maximum absolute atomic E-state index is 12.1. The van der Waals surface area contributed by atoms with E-state index in [1.54, 1.807) is 14.1 Å². The van der Waals surface area contributed by atoms with Crippen LogP contribution in [0.1, 0.15) is 24.1 Å². The zero-order valence-electron chi connectivity index (χ0n) is 13.2. The molecule has 0 atom stereocenters. The van der Waals surface area contributed by atoms with Gasteiger partial charge < -0.3 is 4.90 Å². The highest BCUT2D eigenvalue weighted by Gasteiger charge is 2.29. The second-order valence-corrected chi connectivity index (χ2v) is 8.20. The molecule has 122 valence electrons. The number of hydrogen-bond acceptors (Lipinski definition) is 5. The summed E-state index contributed by atoms with van der Waals surface area (Å²) in [5.41, 5.74) is 2.43. The molecule has 1 aliphatic carbocycles. The molecule has 0 spiro atoms. The standard InChI is InChI=1S/C14H23N5O2S/c1-17(2)22(20,21)19-9-7-18(8-10-19)14-11-12-5-3-4-6-13(12)15-16-14/h11H,3-10H2,1-2H3. The summed E-state index contributed by atoms with van der Waals surface area (Å²) in [7, 11) is -0.184. The summed E-state index contributed by atoms with van der Waals surface area (Å²) in [6.07, 6.45) is 4.51. The molecule has 1 aromatic heterocycles. The van der Waals surface area contributed by atoms with Gasteiger partial charge in [0.05, 0.1) is 5.69 Å². The number of hydrogen-bond donors (Lipinski definition) is 0. The molecule has 0 amide bonds. The van der Waals surface area contributed by atoms with Crippen LogP contribution in [0.4, 0.5) is 5.82 Å². The Morgan fingerprint density at radius 3 is 2.41 bits per heavy atom. The van der Waals surface area contributed by atoms with Crippen molar-refractivity contribution in [3.63, 3.8) is 0 Å². The van der Waals surface area contributed by atoms with Crippen LogP contribution < -0.4 is 4.90 Å². The molecule has 0 radical (unpaired) electrons. The van der Waals surface area contributed by atoms with E-state index in [-0.39, 0.29) is 0 Å². The molecule has 2 heterocycles. The quantitative estimate of drug-likeness (QED) is 0.799. The largest absolute Gasteiger partial charge is 0.352 e. The molecule has 1 aromatic rings. The first-order valence-corrected chi connectivity index (χ1v) is 9.16. The molecule has 0 unspecified atom stereocenters. The van der Waals surface area contributed by atoms with Crippen LogP contribution >= 0.6 is 0 Å². The van der Waals surface area contributed by atoms with Gasteiger partial charge in [0.2, 0.25) is 0 Å². The van der Waals surface area contributed by atoms with E-state index in [0.29, 0.717) is 26.2 Å². The molecule has 1 aliphatic heterocycles. The van der Waals surface area contributed by atoms with E-state index in [1.807, 2.05) is 0 Å². The van der Waals surface area contributed by atoms with Crippen molar-refractivity contribution in [3.05, 3.63) is 17.3 Å². The maximum Gasteiger partial charge on any atom is 0.281 e. The predicted octanol–water partition coefficient (Wildman–Crippen LogP) is 0.284. The van der Waals surface area contributed by atoms with Gasteiger partial charge in [0.25, 0.3) is 10.2 Å². The number of nitrogens with zero attached hydrogens (tertiary/aromatic N) is 5. The molecule has 0 saturated carbocycles. The minimum absolute atomic E-state index is 0.485. The Morgan fingerprint density at radius 1 is 1.05 bits per heavy atom. The van der Waals surface area contributed by atoms with Crippen LogP contribution in [0.5, 0.6) is 0 Å². The zero-order valence-corrected chi connectivity index (χ0v) is 14.0. The Kier molecular flexibility index (Phi) is 4.33. The summed E-state index contributed by atoms with van der Waals surface area (Å²) in [6.45, 7) is 2.28. The monoisotopic (exact) mass is 325 g/mol. The Labute approximate surface area is 132 Å². The minimum atomic E-state index is -3.32. The molecular weight excluding hydrogens is 302 g/mol. The lowest BCUT2D eigenvalue weighted by Gasteiger charge is -2.35. The van der Waals surface area contributed by atoms with Crippen molar-refractivity contribution in [1.29, 1.82) is 0 Å². The first-order chi connectivity index (χ1) is 10.5. The van der Waals surface area contributed by atoms with E-state index in [0.717, 1.165) is 24.4 Å². The SMILES string of the molecule is CN(C)S(=O)(=O)N1CCN(c2cc3c(nn2)CCCC3)CC1. The van der Waals surface area contributed by atoms with Crippen molar-refractivity contribution < 1.29 is 8.42 Å². The molecule has 0 aromatic carbocycles. The smallest absolute Gasteiger partial charge is 0.281 e. The second kappa shape index (κ2) is 6.10. The fourth-order valence-corrected chi connectivity index (χ4v) is 4.10. The van der Waals surface area contributed by atoms with Crippen molar-refractivity contribution in [1.82, 2.24) is 18.8 Å². The Morgan fingerprint density at radius 2 is 1.73 bits per heavy atom. The Hall–Kier alpha value is -1.25. The van der Waals surface area contributed by atoms with Gasteiger partial charge >= 0.3 is 0 Å². The third-order valence-corrected chi connectivity index (χ3v) is 6.35. The van der Waals surface area contributed by atoms with Crippen LogP contribution in [0.15, 0.2) is 6.07 Å². The molecule has 0 N–H and O–H groups in total. The lowest BCUT2D eigenvalue weighted by molar-refractivity contribution is 0.354. The molecule has 8 heteroatoms. The van der Waals surface area contributed by atoms with E-state index >= 15 is 0 Å². The van der Waals surface area contributed by atoms with Gasteiger partial charge in [-0.15, -0.1) is 5.10 Å². The summed E-state index contributed by atoms with van der Waals surface area (Å²) in [5.74, 6) is 0.877. The van der Waals surface area contributed by atoms with Crippen LogP contribution in [0, 0.1) is 0 Å². The van der Waals surface area contributed by atoms with E-state index in [1.165, 1.54) is 27.0 Å². The first kappa shape index (κ1) is 15.6. The van der Waals surface area contributed by atoms with Gasteiger partial charge in [0.1, 0.15) is 0 Å². The van der Waals surface area contributed by atoms with Crippen LogP contribution in [-0.4, -0.2) is 67.5 Å². The topological polar surface area (TPSA) is 69.6 Å². The summed E-state index contributed by atoms with van der Waals surface area (Å²) < 4.78 is 27.0. The van der Waals surface area contributed by atoms with Crippen LogP contribution in [0.25, 0.3) is 0 Å². The highest BCUT2D eigenvalue weighted by atomic mass is 32.2. The van der Waals surface area contributed by atoms with Crippen molar-refractivity contribution in [2.75, 3.05) is 45.2 Å². The van der Waals surface area contributed by atoms with Crippen molar-refractivity contribution in [3.8, 4) is 0 Å². The number of rotatable bonds is 3. The maximum atomic E-state index is 12.1. The van der Waals surface area contributed by atoms with Gasteiger partial charge in [-0.3, -0.25) is 0 Å². The summed E-state index contributed by atoms with van der Waals surface area (Å²) in [4.78, 5) is 2.13. The number of anilines is 1. The molecule has 1 saturated heterocycles. The second-order valence-electron chi connectivity index (χ2n) is 6.06. The number of piperazine rings is 1. The van der Waals surface area contributed by atoms with E-state index in [9.17, 15) is 8.42 Å². The van der Waals surface area contributed by atoms with Gasteiger partial charge in [0, 0.05) is 40.3 Å². The Balaban J connectivity index is 1.69. The Bertz CT molecular complexity index is 639. The van der Waals surface area contributed by atoms with Crippen LogP contribution in [0.2, 0.25) is 0 Å². The first-order valence-electron chi connectivity index (χ1n) is 7.76. The van der Waals surface area contributed by atoms with E-state index in [2.05, 4.69) is 21.2 Å². The van der Waals surface area contributed by atoms with Gasteiger partial charge in [-0.2, -0.15) is 22.1 Å². The summed E-state index contributed by atoms with van der Waals surface area (Å²) in [6, 6.07) is 2.14. The van der Waals surface area contributed by atoms with E-state index < -0.39 is 10.2 Å². The van der Waals surface area contributed by atoms with Crippen molar-refractivity contribution in [2.24, 2.45) is 0 Å². The number of aromatic nitrogens is 2. The predicted molar refractivity (Wildman–Crippen MR) is 85.1 cm³/mol. The molecular formula is C14H23N5O2S. The zero-order chi connectivity index (χ0) is 15.7. The lowest BCUT2D eigenvalue weighted by Crippen LogP contribution is -2.52. The van der Waals surface area contributed by atoms with Crippen LogP contribution in [-0.2, 0) is 23.1 Å². The normalized spacial score (nSPS) is 20.2. The molecule has 2 aliphatic rings. The lowest BCUT2D eigenvalue weighted by atomic mass is 9.97. The van der Waals surface area contributed by atoms with Gasteiger partial charge in [0.15, 0.2) is 5.82 Å². The van der Waals surface area contributed by atoms with E-state index in [4.69, 9.17) is 0 Å². The molecule has 1 fully saturated rings. The van der Waals surface area contributed by atoms with Crippen LogP contribution in [0.3, 0.4) is 0 Å². The highest BCUT2D eigenvalue weighted by Crippen LogP contribution is 2.23. The van der Waals surface area contributed by atoms with Gasteiger partial charge in [-0.05, 0) is 37.3 Å². The number of fused-ring (bicyclic) bond motifs is 1. The summed E-state index contributed by atoms with van der Waals surface area (Å²) in [5, 5.41) is 8.69. The molecule has 22 heavy (non-hydrogen) atoms. The minimum Gasteiger partial charge on any atom is -0.352 e. The molecule has 7 nitrogen and oxygen atoms in total. The molecule has 0 bridgehead atoms. The van der Waals surface area contributed by atoms with Gasteiger partial charge in [-0.25, -0.2) is 0 Å². The molecule has 3 rings (SSSR count). The third-order valence-electron chi connectivity index (χ3n) is 4.41. The van der Waals surface area contributed by atoms with Crippen molar-refractivity contribution >= 4 is 16.0 Å².